The van der Waals surface area contributed by atoms with Crippen LogP contribution in [0, 0.1) is 18.6 Å². The van der Waals surface area contributed by atoms with Gasteiger partial charge in [-0.1, -0.05) is 18.2 Å². The van der Waals surface area contributed by atoms with Crippen molar-refractivity contribution in [1.82, 2.24) is 19.3 Å². The molecule has 0 radical (unpaired) electrons. The molecule has 0 spiro atoms. The van der Waals surface area contributed by atoms with Crippen LogP contribution in [-0.2, 0) is 18.9 Å². The van der Waals surface area contributed by atoms with Crippen LogP contribution in [0.1, 0.15) is 44.8 Å². The quantitative estimate of drug-likeness (QED) is 0.309. The minimum atomic E-state index is -1.06. The number of ether oxygens (including phenoxy) is 1. The lowest BCUT2D eigenvalue weighted by molar-refractivity contribution is 0.0730. The summed E-state index contributed by atoms with van der Waals surface area (Å²) < 4.78 is 35.5. The number of hydrogen-bond donors (Lipinski definition) is 1. The first-order chi connectivity index (χ1) is 17.3. The summed E-state index contributed by atoms with van der Waals surface area (Å²) in [6.07, 6.45) is 4.19. The Morgan fingerprint density at radius 3 is 2.62 bits per heavy atom. The topological polar surface area (TPSA) is 94.5 Å². The van der Waals surface area contributed by atoms with Gasteiger partial charge in [0.15, 0.2) is 5.82 Å². The maximum atomic E-state index is 13.9. The van der Waals surface area contributed by atoms with Crippen molar-refractivity contribution in [3.8, 4) is 5.75 Å². The minimum Gasteiger partial charge on any atom is -0.485 e. The number of aromatic nitrogens is 4. The third kappa shape index (κ3) is 6.58. The van der Waals surface area contributed by atoms with Crippen LogP contribution in [0.3, 0.4) is 0 Å². The van der Waals surface area contributed by atoms with Crippen molar-refractivity contribution < 1.29 is 18.6 Å². The number of rotatable bonds is 9. The second kappa shape index (κ2) is 11.2. The van der Waals surface area contributed by atoms with E-state index in [2.05, 4.69) is 21.7 Å². The van der Waals surface area contributed by atoms with E-state index in [1.54, 1.807) is 63.8 Å². The highest BCUT2D eigenvalue weighted by Gasteiger charge is 2.19. The van der Waals surface area contributed by atoms with Crippen LogP contribution in [0.2, 0.25) is 5.02 Å². The molecular formula is C26H28ClF2N5O3. The monoisotopic (exact) mass is 531 g/mol. The van der Waals surface area contributed by atoms with Crippen LogP contribution in [0.5, 0.6) is 5.75 Å². The smallest absolute Gasteiger partial charge is 0.277 e. The summed E-state index contributed by atoms with van der Waals surface area (Å²) in [7, 11) is 0. The molecule has 0 saturated carbocycles. The van der Waals surface area contributed by atoms with Crippen molar-refractivity contribution in [2.24, 2.45) is 4.99 Å². The van der Waals surface area contributed by atoms with E-state index in [4.69, 9.17) is 16.3 Å². The van der Waals surface area contributed by atoms with Crippen molar-refractivity contribution in [2.75, 3.05) is 0 Å². The molecular weight excluding hydrogens is 504 g/mol. The van der Waals surface area contributed by atoms with Crippen molar-refractivity contribution in [3.05, 3.63) is 92.4 Å². The van der Waals surface area contributed by atoms with Gasteiger partial charge in [-0.15, -0.1) is 0 Å². The number of pyridine rings is 2. The van der Waals surface area contributed by atoms with E-state index in [0.29, 0.717) is 34.3 Å². The average Bonchev–Trinajstić information content (AvgIpc) is 3.28. The van der Waals surface area contributed by atoms with Crippen molar-refractivity contribution in [1.29, 1.82) is 0 Å². The van der Waals surface area contributed by atoms with Crippen LogP contribution >= 0.6 is 11.6 Å². The lowest BCUT2D eigenvalue weighted by Gasteiger charge is -2.18. The summed E-state index contributed by atoms with van der Waals surface area (Å²) in [6.45, 7) is 12.4. The predicted octanol–water partition coefficient (Wildman–Crippen LogP) is 5.02. The lowest BCUT2D eigenvalue weighted by atomic mass is 10.1. The van der Waals surface area contributed by atoms with E-state index in [9.17, 15) is 18.7 Å². The largest absolute Gasteiger partial charge is 0.485 e. The normalized spacial score (nSPS) is 12.7. The van der Waals surface area contributed by atoms with Gasteiger partial charge in [0.1, 0.15) is 41.2 Å². The highest BCUT2D eigenvalue weighted by atomic mass is 35.5. The second-order valence-corrected chi connectivity index (χ2v) is 9.42. The zero-order chi connectivity index (χ0) is 27.5. The molecule has 3 aromatic rings. The third-order valence-corrected chi connectivity index (χ3v) is 5.68. The Morgan fingerprint density at radius 2 is 2.03 bits per heavy atom. The molecule has 8 nitrogen and oxygen atoms in total. The summed E-state index contributed by atoms with van der Waals surface area (Å²) in [5, 5.41) is 14.2. The van der Waals surface area contributed by atoms with Crippen LogP contribution < -0.4 is 10.3 Å². The highest BCUT2D eigenvalue weighted by Crippen LogP contribution is 2.27. The molecule has 11 heteroatoms. The Labute approximate surface area is 218 Å². The van der Waals surface area contributed by atoms with Gasteiger partial charge in [-0.25, -0.2) is 8.78 Å². The molecule has 0 fully saturated rings. The summed E-state index contributed by atoms with van der Waals surface area (Å²) in [6, 6.07) is 3.95. The molecule has 0 bridgehead atoms. The molecule has 1 N–H and O–H groups in total. The first-order valence-corrected chi connectivity index (χ1v) is 11.7. The van der Waals surface area contributed by atoms with Crippen molar-refractivity contribution in [3.63, 3.8) is 0 Å². The van der Waals surface area contributed by atoms with E-state index < -0.39 is 22.8 Å². The van der Waals surface area contributed by atoms with Gasteiger partial charge in [0.2, 0.25) is 0 Å². The molecule has 0 atom stereocenters. The summed E-state index contributed by atoms with van der Waals surface area (Å²) in [4.78, 5) is 21.3. The molecule has 0 saturated heterocycles. The van der Waals surface area contributed by atoms with Crippen molar-refractivity contribution in [2.45, 2.75) is 53.5 Å². The number of aliphatic hydroxyl groups is 1. The van der Waals surface area contributed by atoms with E-state index in [-0.39, 0.29) is 29.7 Å². The van der Waals surface area contributed by atoms with Crippen LogP contribution in [-0.4, -0.2) is 30.7 Å². The van der Waals surface area contributed by atoms with Gasteiger partial charge in [-0.3, -0.25) is 24.0 Å². The van der Waals surface area contributed by atoms with Crippen LogP contribution in [0.4, 0.5) is 8.78 Å². The third-order valence-electron chi connectivity index (χ3n) is 5.33. The van der Waals surface area contributed by atoms with E-state index >= 15 is 0 Å². The number of aliphatic imine (C=N–C) groups is 1. The van der Waals surface area contributed by atoms with E-state index in [1.807, 2.05) is 0 Å². The Bertz CT molecular complexity index is 1450. The summed E-state index contributed by atoms with van der Waals surface area (Å²) in [5.74, 6) is -1.63. The number of nitrogens with zero attached hydrogens (tertiary/aromatic N) is 5. The number of allylic oxidation sites excluding steroid dienone is 3. The number of hydrogen-bond acceptors (Lipinski definition) is 6. The molecule has 0 unspecified atom stereocenters. The van der Waals surface area contributed by atoms with Gasteiger partial charge in [0.25, 0.3) is 5.56 Å². The molecule has 0 amide bonds. The summed E-state index contributed by atoms with van der Waals surface area (Å²) >= 11 is 6.33. The molecule has 0 aliphatic carbocycles. The molecule has 0 aromatic carbocycles. The molecule has 3 heterocycles. The Kier molecular flexibility index (Phi) is 8.45. The molecule has 0 aliphatic rings. The molecule has 196 valence electrons. The van der Waals surface area contributed by atoms with Crippen LogP contribution in [0.15, 0.2) is 58.1 Å². The van der Waals surface area contributed by atoms with Gasteiger partial charge in [0.05, 0.1) is 17.6 Å². The van der Waals surface area contributed by atoms with Crippen LogP contribution in [0.25, 0.3) is 5.70 Å². The number of aryl methyl sites for hydroxylation is 1. The first kappa shape index (κ1) is 27.9. The lowest BCUT2D eigenvalue weighted by Crippen LogP contribution is -2.24. The fraction of sp³-hybridized carbons (Fsp3) is 0.308. The van der Waals surface area contributed by atoms with Gasteiger partial charge >= 0.3 is 0 Å². The maximum absolute atomic E-state index is 13.9. The SMILES string of the molecule is C=C(C)/C(=C(C)\C=N/Cn1ccc(C(C)(C)O)n1)n1c(C)cc(OCc2ncc(F)cc2F)c(Cl)c1=O. The Hall–Kier alpha value is -3.63. The highest BCUT2D eigenvalue weighted by molar-refractivity contribution is 6.31. The van der Waals surface area contributed by atoms with E-state index in [1.165, 1.54) is 4.57 Å². The van der Waals surface area contributed by atoms with Crippen molar-refractivity contribution >= 4 is 23.5 Å². The molecule has 3 aromatic heterocycles. The average molecular weight is 532 g/mol. The molecule has 0 aliphatic heterocycles. The Morgan fingerprint density at radius 1 is 1.32 bits per heavy atom. The molecule has 3 rings (SSSR count). The fourth-order valence-corrected chi connectivity index (χ4v) is 3.75. The zero-order valence-electron chi connectivity index (χ0n) is 21.2. The van der Waals surface area contributed by atoms with Gasteiger partial charge in [-0.2, -0.15) is 5.10 Å². The van der Waals surface area contributed by atoms with E-state index in [0.717, 1.165) is 6.20 Å². The second-order valence-electron chi connectivity index (χ2n) is 9.04. The predicted molar refractivity (Wildman–Crippen MR) is 139 cm³/mol. The van der Waals surface area contributed by atoms with Gasteiger partial charge in [0, 0.05) is 30.2 Å². The zero-order valence-corrected chi connectivity index (χ0v) is 22.0. The summed E-state index contributed by atoms with van der Waals surface area (Å²) in [5.41, 5.74) is 1.02. The maximum Gasteiger partial charge on any atom is 0.277 e. The Balaban J connectivity index is 1.89. The molecule has 37 heavy (non-hydrogen) atoms. The van der Waals surface area contributed by atoms with Gasteiger partial charge < -0.3 is 9.84 Å². The number of halogens is 3. The first-order valence-electron chi connectivity index (χ1n) is 11.3. The minimum absolute atomic E-state index is 0.0413. The van der Waals surface area contributed by atoms with Gasteiger partial charge in [-0.05, 0) is 51.8 Å². The standard InChI is InChI=1S/C26H28ClF2N5O3/c1-15(2)24(16(3)11-30-14-33-8-7-22(32-33)26(5,6)36)34-17(4)9-21(23(27)25(34)35)37-13-20-19(29)10-18(28)12-31-20/h7-12,36H,1,13-14H2,2-6H3/b24-16+,30-11-. The fourth-order valence-electron chi connectivity index (χ4n) is 3.55.